The Morgan fingerprint density at radius 2 is 2.06 bits per heavy atom. The molecule has 154 valence electrons. The summed E-state index contributed by atoms with van der Waals surface area (Å²) in [6.45, 7) is 0.309. The molecule has 0 bridgehead atoms. The molecule has 0 saturated heterocycles. The van der Waals surface area contributed by atoms with Gasteiger partial charge >= 0.3 is 5.69 Å². The van der Waals surface area contributed by atoms with Crippen LogP contribution in [-0.2, 0) is 6.54 Å². The predicted molar refractivity (Wildman–Crippen MR) is 117 cm³/mol. The monoisotopic (exact) mass is 412 g/mol. The highest BCUT2D eigenvalue weighted by atomic mass is 16.5. The zero-order valence-corrected chi connectivity index (χ0v) is 16.9. The summed E-state index contributed by atoms with van der Waals surface area (Å²) in [5, 5.41) is 12.6. The van der Waals surface area contributed by atoms with Gasteiger partial charge < -0.3 is 10.1 Å². The van der Waals surface area contributed by atoms with E-state index >= 15 is 0 Å². The highest BCUT2D eigenvalue weighted by molar-refractivity contribution is 5.74. The van der Waals surface area contributed by atoms with Crippen LogP contribution in [0.2, 0.25) is 0 Å². The van der Waals surface area contributed by atoms with Crippen LogP contribution in [0.1, 0.15) is 24.0 Å². The summed E-state index contributed by atoms with van der Waals surface area (Å²) in [6, 6.07) is 17.0. The van der Waals surface area contributed by atoms with Crippen LogP contribution in [0.4, 0.5) is 5.95 Å². The van der Waals surface area contributed by atoms with Crippen LogP contribution in [0, 0.1) is 11.3 Å². The van der Waals surface area contributed by atoms with E-state index in [1.165, 1.54) is 4.57 Å². The number of methoxy groups -OCH3 is 1. The highest BCUT2D eigenvalue weighted by Gasteiger charge is 2.24. The number of para-hydroxylation sites is 1. The zero-order valence-electron chi connectivity index (χ0n) is 16.9. The van der Waals surface area contributed by atoms with Crippen LogP contribution >= 0.6 is 0 Å². The molecular formula is C23H20N6O2. The van der Waals surface area contributed by atoms with Gasteiger partial charge in [-0.3, -0.25) is 4.57 Å². The number of nitrogens with zero attached hydrogens (tertiary/aromatic N) is 5. The van der Waals surface area contributed by atoms with Crippen LogP contribution in [-0.4, -0.2) is 32.3 Å². The first-order chi connectivity index (χ1) is 15.2. The van der Waals surface area contributed by atoms with E-state index in [4.69, 9.17) is 4.74 Å². The van der Waals surface area contributed by atoms with Crippen LogP contribution in [0.15, 0.2) is 59.5 Å². The average Bonchev–Trinajstić information content (AvgIpc) is 3.58. The molecule has 0 amide bonds. The Morgan fingerprint density at radius 1 is 1.23 bits per heavy atom. The van der Waals surface area contributed by atoms with Gasteiger partial charge in [0.25, 0.3) is 0 Å². The summed E-state index contributed by atoms with van der Waals surface area (Å²) in [5.41, 5.74) is 2.78. The van der Waals surface area contributed by atoms with Crippen LogP contribution in [0.3, 0.4) is 0 Å². The lowest BCUT2D eigenvalue weighted by atomic mass is 10.2. The first-order valence-corrected chi connectivity index (χ1v) is 10.0. The topological polar surface area (TPSA) is 97.8 Å². The smallest absolute Gasteiger partial charge is 0.335 e. The van der Waals surface area contributed by atoms with Gasteiger partial charge in [-0.2, -0.15) is 10.2 Å². The van der Waals surface area contributed by atoms with Crippen LogP contribution < -0.4 is 15.7 Å². The Balaban J connectivity index is 1.71. The lowest BCUT2D eigenvalue weighted by Gasteiger charge is -2.09. The number of hydrogen-bond acceptors (Lipinski definition) is 6. The van der Waals surface area contributed by atoms with Gasteiger partial charge in [-0.25, -0.2) is 14.3 Å². The first-order valence-electron chi connectivity index (χ1n) is 10.0. The van der Waals surface area contributed by atoms with E-state index in [1.54, 1.807) is 42.1 Å². The summed E-state index contributed by atoms with van der Waals surface area (Å²) >= 11 is 0. The number of fused-ring (bicyclic) bond motifs is 1. The molecule has 2 aromatic carbocycles. The molecule has 1 aliphatic carbocycles. The molecule has 1 fully saturated rings. The van der Waals surface area contributed by atoms with Gasteiger partial charge in [0.05, 0.1) is 37.2 Å². The zero-order chi connectivity index (χ0) is 21.4. The number of ether oxygens (including phenoxy) is 1. The molecule has 0 aliphatic heterocycles. The largest absolute Gasteiger partial charge is 0.496 e. The Kier molecular flexibility index (Phi) is 4.64. The lowest BCUT2D eigenvalue weighted by molar-refractivity contribution is 0.408. The maximum Gasteiger partial charge on any atom is 0.335 e. The Morgan fingerprint density at radius 3 is 2.84 bits per heavy atom. The number of imidazole rings is 1. The average molecular weight is 412 g/mol. The van der Waals surface area contributed by atoms with Gasteiger partial charge in [0.2, 0.25) is 5.95 Å². The van der Waals surface area contributed by atoms with E-state index in [0.717, 1.165) is 18.4 Å². The van der Waals surface area contributed by atoms with Crippen LogP contribution in [0.5, 0.6) is 5.75 Å². The van der Waals surface area contributed by atoms with E-state index in [0.29, 0.717) is 46.7 Å². The molecule has 5 rings (SSSR count). The second-order valence-electron chi connectivity index (χ2n) is 7.50. The number of nitrogens with one attached hydrogen (secondary N) is 1. The van der Waals surface area contributed by atoms with Crippen molar-refractivity contribution in [3.63, 3.8) is 0 Å². The third-order valence-corrected chi connectivity index (χ3v) is 5.34. The first kappa shape index (κ1) is 18.9. The summed E-state index contributed by atoms with van der Waals surface area (Å²) in [4.78, 5) is 22.6. The molecule has 1 aliphatic rings. The molecule has 8 heteroatoms. The molecule has 0 unspecified atom stereocenters. The molecule has 31 heavy (non-hydrogen) atoms. The third-order valence-electron chi connectivity index (χ3n) is 5.34. The molecule has 8 nitrogen and oxygen atoms in total. The maximum absolute atomic E-state index is 13.6. The molecule has 2 heterocycles. The standard InChI is InChI=1S/C23H20N6O2/c1-31-20-8-3-2-6-16(20)14-28-19-13-25-22(26-17-9-10-17)27-21(19)29(23(28)30)18-7-4-5-15(11-18)12-24/h2-8,11,13,17H,9-10,14H2,1H3,(H,25,26,27). The molecule has 0 spiro atoms. The predicted octanol–water partition coefficient (Wildman–Crippen LogP) is 3.09. The van der Waals surface area contributed by atoms with Crippen molar-refractivity contribution in [3.8, 4) is 17.5 Å². The number of rotatable bonds is 6. The van der Waals surface area contributed by atoms with Crippen molar-refractivity contribution in [2.45, 2.75) is 25.4 Å². The summed E-state index contributed by atoms with van der Waals surface area (Å²) in [5.74, 6) is 1.20. The normalized spacial score (nSPS) is 13.2. The third kappa shape index (κ3) is 3.51. The minimum absolute atomic E-state index is 0.256. The summed E-state index contributed by atoms with van der Waals surface area (Å²) in [7, 11) is 1.61. The molecule has 1 saturated carbocycles. The van der Waals surface area contributed by atoms with E-state index in [-0.39, 0.29) is 5.69 Å². The fraction of sp³-hybridized carbons (Fsp3) is 0.217. The summed E-state index contributed by atoms with van der Waals surface area (Å²) in [6.07, 6.45) is 3.86. The second-order valence-corrected chi connectivity index (χ2v) is 7.50. The van der Waals surface area contributed by atoms with Crippen LogP contribution in [0.25, 0.3) is 16.9 Å². The van der Waals surface area contributed by atoms with Crippen molar-refractivity contribution >= 4 is 17.1 Å². The number of nitriles is 1. The molecule has 1 N–H and O–H groups in total. The van der Waals surface area contributed by atoms with Crippen molar-refractivity contribution in [1.29, 1.82) is 5.26 Å². The minimum Gasteiger partial charge on any atom is -0.496 e. The SMILES string of the molecule is COc1ccccc1Cn1c(=O)n(-c2cccc(C#N)c2)c2nc(NC3CC3)ncc21. The van der Waals surface area contributed by atoms with E-state index < -0.39 is 0 Å². The molecule has 0 radical (unpaired) electrons. The van der Waals surface area contributed by atoms with E-state index in [9.17, 15) is 10.1 Å². The maximum atomic E-state index is 13.6. The van der Waals surface area contributed by atoms with Gasteiger partial charge in [0.15, 0.2) is 5.65 Å². The fourth-order valence-corrected chi connectivity index (χ4v) is 3.62. The second kappa shape index (κ2) is 7.61. The molecular weight excluding hydrogens is 392 g/mol. The summed E-state index contributed by atoms with van der Waals surface area (Å²) < 4.78 is 8.63. The Bertz CT molecular complexity index is 1380. The van der Waals surface area contributed by atoms with Gasteiger partial charge in [-0.1, -0.05) is 24.3 Å². The minimum atomic E-state index is -0.256. The van der Waals surface area contributed by atoms with Gasteiger partial charge in [-0.15, -0.1) is 0 Å². The Labute approximate surface area is 178 Å². The Hall–Kier alpha value is -4.12. The lowest BCUT2D eigenvalue weighted by Crippen LogP contribution is -2.24. The van der Waals surface area contributed by atoms with Crippen molar-refractivity contribution in [3.05, 3.63) is 76.3 Å². The van der Waals surface area contributed by atoms with Gasteiger partial charge in [0.1, 0.15) is 11.3 Å². The van der Waals surface area contributed by atoms with Gasteiger partial charge in [0, 0.05) is 11.6 Å². The van der Waals surface area contributed by atoms with Crippen molar-refractivity contribution < 1.29 is 4.74 Å². The molecule has 0 atom stereocenters. The number of benzene rings is 2. The molecule has 4 aromatic rings. The fourth-order valence-electron chi connectivity index (χ4n) is 3.62. The van der Waals surface area contributed by atoms with E-state index in [1.807, 2.05) is 24.3 Å². The quantitative estimate of drug-likeness (QED) is 0.523. The highest BCUT2D eigenvalue weighted by Crippen LogP contribution is 2.25. The van der Waals surface area contributed by atoms with Crippen molar-refractivity contribution in [2.24, 2.45) is 0 Å². The van der Waals surface area contributed by atoms with Gasteiger partial charge in [-0.05, 0) is 37.1 Å². The number of hydrogen-bond donors (Lipinski definition) is 1. The van der Waals surface area contributed by atoms with Crippen molar-refractivity contribution in [1.82, 2.24) is 19.1 Å². The number of aromatic nitrogens is 4. The van der Waals surface area contributed by atoms with Crippen molar-refractivity contribution in [2.75, 3.05) is 12.4 Å². The number of anilines is 1. The van der Waals surface area contributed by atoms with E-state index in [2.05, 4.69) is 21.4 Å². The molecule has 2 aromatic heterocycles.